The number of para-hydroxylation sites is 1. The molecule has 160 valence electrons. The Kier molecular flexibility index (Phi) is 7.50. The highest BCUT2D eigenvalue weighted by molar-refractivity contribution is 5.88. The smallest absolute Gasteiger partial charge is 0.261 e. The fourth-order valence-electron chi connectivity index (χ4n) is 3.92. The summed E-state index contributed by atoms with van der Waals surface area (Å²) in [5, 5.41) is 3.12. The molecule has 30 heavy (non-hydrogen) atoms. The highest BCUT2D eigenvalue weighted by atomic mass is 16.5. The lowest BCUT2D eigenvalue weighted by Gasteiger charge is -2.30. The summed E-state index contributed by atoms with van der Waals surface area (Å²) in [6.45, 7) is 6.04. The quantitative estimate of drug-likeness (QED) is 0.714. The lowest BCUT2D eigenvalue weighted by Crippen LogP contribution is -2.50. The molecule has 1 fully saturated rings. The SMILES string of the molecule is Cc1cccc(CN(C(=O)COc2ccccc2C)C(C)C(=O)NC2CCCC2)c1. The standard InChI is InChI=1S/C25H32N2O3/c1-18-9-8-11-21(15-18)16-27(20(3)25(29)26-22-12-5-6-13-22)24(28)17-30-23-14-7-4-10-19(23)2/h4,7-11,14-15,20,22H,5-6,12-13,16-17H2,1-3H3,(H,26,29). The molecule has 1 N–H and O–H groups in total. The van der Waals surface area contributed by atoms with Crippen LogP contribution in [0.3, 0.4) is 0 Å². The van der Waals surface area contributed by atoms with E-state index >= 15 is 0 Å². The third-order valence-corrected chi connectivity index (χ3v) is 5.75. The fourth-order valence-corrected chi connectivity index (χ4v) is 3.92. The molecule has 2 amide bonds. The second kappa shape index (κ2) is 10.3. The second-order valence-electron chi connectivity index (χ2n) is 8.23. The van der Waals surface area contributed by atoms with Crippen molar-refractivity contribution in [3.8, 4) is 5.75 Å². The van der Waals surface area contributed by atoms with Gasteiger partial charge in [-0.3, -0.25) is 9.59 Å². The number of carbonyl (C=O) groups is 2. The number of nitrogens with zero attached hydrogens (tertiary/aromatic N) is 1. The van der Waals surface area contributed by atoms with E-state index in [9.17, 15) is 9.59 Å². The van der Waals surface area contributed by atoms with Crippen molar-refractivity contribution in [3.63, 3.8) is 0 Å². The first-order valence-corrected chi connectivity index (χ1v) is 10.8. The van der Waals surface area contributed by atoms with E-state index in [1.165, 1.54) is 0 Å². The van der Waals surface area contributed by atoms with Crippen LogP contribution in [0.1, 0.15) is 49.3 Å². The molecule has 0 heterocycles. The topological polar surface area (TPSA) is 58.6 Å². The van der Waals surface area contributed by atoms with E-state index in [1.54, 1.807) is 11.8 Å². The maximum Gasteiger partial charge on any atom is 0.261 e. The molecule has 3 rings (SSSR count). The predicted molar refractivity (Wildman–Crippen MR) is 118 cm³/mol. The molecule has 0 bridgehead atoms. The summed E-state index contributed by atoms with van der Waals surface area (Å²) >= 11 is 0. The molecule has 5 heteroatoms. The summed E-state index contributed by atoms with van der Waals surface area (Å²) in [7, 11) is 0. The molecule has 1 aliphatic carbocycles. The zero-order chi connectivity index (χ0) is 21.5. The van der Waals surface area contributed by atoms with E-state index in [0.29, 0.717) is 12.3 Å². The Labute approximate surface area is 179 Å². The van der Waals surface area contributed by atoms with Gasteiger partial charge in [0.25, 0.3) is 5.91 Å². The van der Waals surface area contributed by atoms with Crippen LogP contribution in [0.4, 0.5) is 0 Å². The zero-order valence-electron chi connectivity index (χ0n) is 18.2. The van der Waals surface area contributed by atoms with Gasteiger partial charge in [0, 0.05) is 12.6 Å². The molecule has 1 unspecified atom stereocenters. The third kappa shape index (κ3) is 5.85. The second-order valence-corrected chi connectivity index (χ2v) is 8.23. The van der Waals surface area contributed by atoms with Crippen LogP contribution in [-0.2, 0) is 16.1 Å². The van der Waals surface area contributed by atoms with Crippen LogP contribution in [0.5, 0.6) is 5.75 Å². The number of hydrogen-bond acceptors (Lipinski definition) is 3. The number of ether oxygens (including phenoxy) is 1. The van der Waals surface area contributed by atoms with Crippen molar-refractivity contribution in [2.45, 2.75) is 65.1 Å². The van der Waals surface area contributed by atoms with Crippen LogP contribution in [-0.4, -0.2) is 35.4 Å². The van der Waals surface area contributed by atoms with E-state index in [-0.39, 0.29) is 24.5 Å². The molecular weight excluding hydrogens is 376 g/mol. The average molecular weight is 409 g/mol. The average Bonchev–Trinajstić information content (AvgIpc) is 3.24. The van der Waals surface area contributed by atoms with Gasteiger partial charge in [-0.1, -0.05) is 60.9 Å². The van der Waals surface area contributed by atoms with Gasteiger partial charge in [-0.25, -0.2) is 0 Å². The van der Waals surface area contributed by atoms with Crippen LogP contribution >= 0.6 is 0 Å². The summed E-state index contributed by atoms with van der Waals surface area (Å²) in [6, 6.07) is 15.3. The van der Waals surface area contributed by atoms with Gasteiger partial charge < -0.3 is 15.0 Å². The van der Waals surface area contributed by atoms with E-state index in [2.05, 4.69) is 5.32 Å². The van der Waals surface area contributed by atoms with Crippen LogP contribution in [0.15, 0.2) is 48.5 Å². The van der Waals surface area contributed by atoms with Crippen molar-refractivity contribution in [3.05, 3.63) is 65.2 Å². The van der Waals surface area contributed by atoms with Gasteiger partial charge in [0.2, 0.25) is 5.91 Å². The van der Waals surface area contributed by atoms with E-state index in [0.717, 1.165) is 42.4 Å². The lowest BCUT2D eigenvalue weighted by molar-refractivity contribution is -0.142. The van der Waals surface area contributed by atoms with Gasteiger partial charge >= 0.3 is 0 Å². The number of amides is 2. The molecule has 5 nitrogen and oxygen atoms in total. The van der Waals surface area contributed by atoms with Crippen molar-refractivity contribution in [1.29, 1.82) is 0 Å². The lowest BCUT2D eigenvalue weighted by atomic mass is 10.1. The Bertz CT molecular complexity index is 874. The fraction of sp³-hybridized carbons (Fsp3) is 0.440. The number of carbonyl (C=O) groups excluding carboxylic acids is 2. The highest BCUT2D eigenvalue weighted by Gasteiger charge is 2.28. The number of rotatable bonds is 8. The summed E-state index contributed by atoms with van der Waals surface area (Å²) in [6.07, 6.45) is 4.33. The minimum Gasteiger partial charge on any atom is -0.484 e. The van der Waals surface area contributed by atoms with Crippen molar-refractivity contribution >= 4 is 11.8 Å². The van der Waals surface area contributed by atoms with Crippen molar-refractivity contribution < 1.29 is 14.3 Å². The number of benzene rings is 2. The molecule has 1 atom stereocenters. The maximum absolute atomic E-state index is 13.1. The molecule has 1 saturated carbocycles. The minimum atomic E-state index is -0.570. The van der Waals surface area contributed by atoms with Gasteiger partial charge in [-0.2, -0.15) is 0 Å². The normalized spacial score (nSPS) is 14.9. The minimum absolute atomic E-state index is 0.0983. The molecule has 0 saturated heterocycles. The maximum atomic E-state index is 13.1. The Morgan fingerprint density at radius 2 is 1.83 bits per heavy atom. The van der Waals surface area contributed by atoms with Crippen LogP contribution < -0.4 is 10.1 Å². The molecule has 2 aromatic rings. The van der Waals surface area contributed by atoms with Gasteiger partial charge in [0.1, 0.15) is 11.8 Å². The van der Waals surface area contributed by atoms with E-state index in [4.69, 9.17) is 4.74 Å². The highest BCUT2D eigenvalue weighted by Crippen LogP contribution is 2.19. The first-order chi connectivity index (χ1) is 14.4. The molecule has 0 aliphatic heterocycles. The van der Waals surface area contributed by atoms with Gasteiger partial charge in [-0.05, 0) is 50.8 Å². The summed E-state index contributed by atoms with van der Waals surface area (Å²) in [4.78, 5) is 27.6. The monoisotopic (exact) mass is 408 g/mol. The third-order valence-electron chi connectivity index (χ3n) is 5.75. The molecule has 2 aromatic carbocycles. The van der Waals surface area contributed by atoms with Gasteiger partial charge in [0.05, 0.1) is 0 Å². The van der Waals surface area contributed by atoms with Crippen molar-refractivity contribution in [1.82, 2.24) is 10.2 Å². The first-order valence-electron chi connectivity index (χ1n) is 10.8. The number of nitrogens with one attached hydrogen (secondary N) is 1. The van der Waals surface area contributed by atoms with E-state index < -0.39 is 6.04 Å². The molecular formula is C25H32N2O3. The van der Waals surface area contributed by atoms with Gasteiger partial charge in [-0.15, -0.1) is 0 Å². The Morgan fingerprint density at radius 1 is 1.10 bits per heavy atom. The Morgan fingerprint density at radius 3 is 2.53 bits per heavy atom. The number of hydrogen-bond donors (Lipinski definition) is 1. The first kappa shape index (κ1) is 21.9. The molecule has 1 aliphatic rings. The largest absolute Gasteiger partial charge is 0.484 e. The van der Waals surface area contributed by atoms with Crippen LogP contribution in [0, 0.1) is 13.8 Å². The van der Waals surface area contributed by atoms with Crippen molar-refractivity contribution in [2.75, 3.05) is 6.61 Å². The summed E-state index contributed by atoms with van der Waals surface area (Å²) in [5.74, 6) is 0.386. The zero-order valence-corrected chi connectivity index (χ0v) is 18.2. The Hall–Kier alpha value is -2.82. The Balaban J connectivity index is 1.72. The molecule has 0 aromatic heterocycles. The summed E-state index contributed by atoms with van der Waals surface area (Å²) < 4.78 is 5.78. The van der Waals surface area contributed by atoms with E-state index in [1.807, 2.05) is 62.4 Å². The van der Waals surface area contributed by atoms with Crippen LogP contribution in [0.2, 0.25) is 0 Å². The predicted octanol–water partition coefficient (Wildman–Crippen LogP) is 4.16. The summed E-state index contributed by atoms with van der Waals surface area (Å²) in [5.41, 5.74) is 3.10. The molecule has 0 spiro atoms. The van der Waals surface area contributed by atoms with Crippen LogP contribution in [0.25, 0.3) is 0 Å². The number of aryl methyl sites for hydroxylation is 2. The van der Waals surface area contributed by atoms with Gasteiger partial charge in [0.15, 0.2) is 6.61 Å². The molecule has 0 radical (unpaired) electrons. The van der Waals surface area contributed by atoms with Crippen molar-refractivity contribution in [2.24, 2.45) is 0 Å².